The zero-order valence-electron chi connectivity index (χ0n) is 14.6. The van der Waals surface area contributed by atoms with Crippen LogP contribution in [0, 0.1) is 12.8 Å². The summed E-state index contributed by atoms with van der Waals surface area (Å²) in [6, 6.07) is 7.75. The van der Waals surface area contributed by atoms with Gasteiger partial charge in [-0.15, -0.1) is 0 Å². The van der Waals surface area contributed by atoms with Crippen LogP contribution in [0.5, 0.6) is 0 Å². The first-order valence-electron chi connectivity index (χ1n) is 8.72. The molecule has 0 aliphatic carbocycles. The van der Waals surface area contributed by atoms with E-state index in [4.69, 9.17) is 4.74 Å². The number of ether oxygens (including phenoxy) is 1. The van der Waals surface area contributed by atoms with E-state index in [0.29, 0.717) is 12.3 Å². The van der Waals surface area contributed by atoms with E-state index in [0.717, 1.165) is 43.5 Å². The van der Waals surface area contributed by atoms with Gasteiger partial charge in [-0.25, -0.2) is 0 Å². The number of amides is 1. The third-order valence-electron chi connectivity index (χ3n) is 4.71. The molecule has 1 aromatic rings. The molecular weight excluding hydrogens is 304 g/mol. The second-order valence-corrected chi connectivity index (χ2v) is 6.52. The van der Waals surface area contributed by atoms with Gasteiger partial charge in [-0.05, 0) is 50.8 Å². The van der Waals surface area contributed by atoms with Gasteiger partial charge in [0.15, 0.2) is 0 Å². The number of rotatable bonds is 7. The zero-order chi connectivity index (χ0) is 17.4. The minimum atomic E-state index is -0.460. The van der Waals surface area contributed by atoms with E-state index < -0.39 is 5.92 Å². The molecule has 1 aliphatic heterocycles. The summed E-state index contributed by atoms with van der Waals surface area (Å²) < 4.78 is 4.89. The number of piperidine rings is 1. The van der Waals surface area contributed by atoms with Crippen molar-refractivity contribution in [1.29, 1.82) is 0 Å². The van der Waals surface area contributed by atoms with Crippen molar-refractivity contribution >= 4 is 11.9 Å². The number of hydrogen-bond acceptors (Lipinski definition) is 4. The maximum absolute atomic E-state index is 12.1. The first kappa shape index (κ1) is 18.5. The van der Waals surface area contributed by atoms with Crippen molar-refractivity contribution < 1.29 is 14.3 Å². The third kappa shape index (κ3) is 5.64. The van der Waals surface area contributed by atoms with E-state index in [2.05, 4.69) is 10.6 Å². The first-order valence-corrected chi connectivity index (χ1v) is 8.72. The van der Waals surface area contributed by atoms with E-state index in [1.807, 2.05) is 31.2 Å². The highest BCUT2D eigenvalue weighted by Gasteiger charge is 2.22. The van der Waals surface area contributed by atoms with Crippen LogP contribution in [0.4, 0.5) is 0 Å². The van der Waals surface area contributed by atoms with Gasteiger partial charge in [0.25, 0.3) is 0 Å². The maximum Gasteiger partial charge on any atom is 0.314 e. The van der Waals surface area contributed by atoms with Crippen molar-refractivity contribution in [3.05, 3.63) is 35.4 Å². The quantitative estimate of drug-likeness (QED) is 0.751. The molecule has 1 aliphatic rings. The van der Waals surface area contributed by atoms with Gasteiger partial charge in [0.1, 0.15) is 0 Å². The summed E-state index contributed by atoms with van der Waals surface area (Å²) in [5.74, 6) is -0.143. The molecule has 0 spiro atoms. The van der Waals surface area contributed by atoms with Gasteiger partial charge in [0.2, 0.25) is 5.91 Å². The molecule has 24 heavy (non-hydrogen) atoms. The molecule has 132 valence electrons. The van der Waals surface area contributed by atoms with Crippen LogP contribution in [0.25, 0.3) is 0 Å². The molecule has 1 unspecified atom stereocenters. The Labute approximate surface area is 144 Å². The minimum absolute atomic E-state index is 0.00884. The van der Waals surface area contributed by atoms with Gasteiger partial charge in [-0.1, -0.05) is 29.8 Å². The lowest BCUT2D eigenvalue weighted by Crippen LogP contribution is -2.33. The number of esters is 1. The Balaban J connectivity index is 1.84. The predicted octanol–water partition coefficient (Wildman–Crippen LogP) is 2.15. The molecule has 5 nitrogen and oxygen atoms in total. The molecular formula is C19H28N2O3. The van der Waals surface area contributed by atoms with Crippen LogP contribution in [-0.4, -0.2) is 38.6 Å². The lowest BCUT2D eigenvalue weighted by Gasteiger charge is -2.22. The summed E-state index contributed by atoms with van der Waals surface area (Å²) >= 11 is 0. The van der Waals surface area contributed by atoms with Crippen molar-refractivity contribution in [3.8, 4) is 0 Å². The standard InChI is InChI=1S/C19H28N2O3/c1-14-3-6-16(7-4-14)17(19(23)24-2)13-21-18(22)8-5-15-9-11-20-12-10-15/h3-4,6-7,15,17,20H,5,8-13H2,1-2H3,(H,21,22). The summed E-state index contributed by atoms with van der Waals surface area (Å²) in [4.78, 5) is 24.1. The van der Waals surface area contributed by atoms with Gasteiger partial charge in [0, 0.05) is 13.0 Å². The van der Waals surface area contributed by atoms with Gasteiger partial charge in [-0.3, -0.25) is 9.59 Å². The Morgan fingerprint density at radius 3 is 2.54 bits per heavy atom. The fourth-order valence-corrected chi connectivity index (χ4v) is 3.09. The number of nitrogens with one attached hydrogen (secondary N) is 2. The SMILES string of the molecule is COC(=O)C(CNC(=O)CCC1CCNCC1)c1ccc(C)cc1. The lowest BCUT2D eigenvalue weighted by atomic mass is 9.93. The van der Waals surface area contributed by atoms with Crippen LogP contribution in [-0.2, 0) is 14.3 Å². The van der Waals surface area contributed by atoms with Gasteiger partial charge in [-0.2, -0.15) is 0 Å². The highest BCUT2D eigenvalue weighted by Crippen LogP contribution is 2.19. The summed E-state index contributed by atoms with van der Waals surface area (Å²) in [6.07, 6.45) is 3.72. The van der Waals surface area contributed by atoms with Crippen LogP contribution >= 0.6 is 0 Å². The topological polar surface area (TPSA) is 67.4 Å². The van der Waals surface area contributed by atoms with Crippen LogP contribution in [0.15, 0.2) is 24.3 Å². The Bertz CT molecular complexity index is 536. The van der Waals surface area contributed by atoms with Gasteiger partial charge >= 0.3 is 5.97 Å². The smallest absolute Gasteiger partial charge is 0.314 e. The van der Waals surface area contributed by atoms with Crippen LogP contribution in [0.3, 0.4) is 0 Å². The number of carbonyl (C=O) groups is 2. The second-order valence-electron chi connectivity index (χ2n) is 6.52. The second kappa shape index (κ2) is 9.42. The number of aryl methyl sites for hydroxylation is 1. The Morgan fingerprint density at radius 1 is 1.25 bits per heavy atom. The molecule has 2 N–H and O–H groups in total. The lowest BCUT2D eigenvalue weighted by molar-refractivity contribution is -0.142. The molecule has 0 bridgehead atoms. The van der Waals surface area contributed by atoms with Crippen LogP contribution in [0.2, 0.25) is 0 Å². The van der Waals surface area contributed by atoms with E-state index in [-0.39, 0.29) is 18.4 Å². The first-order chi connectivity index (χ1) is 11.6. The fraction of sp³-hybridized carbons (Fsp3) is 0.579. The van der Waals surface area contributed by atoms with Crippen molar-refractivity contribution in [3.63, 3.8) is 0 Å². The zero-order valence-corrected chi connectivity index (χ0v) is 14.6. The van der Waals surface area contributed by atoms with E-state index >= 15 is 0 Å². The molecule has 0 aromatic heterocycles. The predicted molar refractivity (Wildman–Crippen MR) is 93.8 cm³/mol. The molecule has 1 amide bonds. The van der Waals surface area contributed by atoms with Gasteiger partial charge in [0.05, 0.1) is 13.0 Å². The van der Waals surface area contributed by atoms with E-state index in [1.54, 1.807) is 0 Å². The van der Waals surface area contributed by atoms with E-state index in [9.17, 15) is 9.59 Å². The van der Waals surface area contributed by atoms with E-state index in [1.165, 1.54) is 7.11 Å². The monoisotopic (exact) mass is 332 g/mol. The average Bonchev–Trinajstić information content (AvgIpc) is 2.62. The summed E-state index contributed by atoms with van der Waals surface area (Å²) in [5.41, 5.74) is 2.00. The molecule has 0 radical (unpaired) electrons. The molecule has 1 aromatic carbocycles. The van der Waals surface area contributed by atoms with Crippen LogP contribution in [0.1, 0.15) is 42.7 Å². The highest BCUT2D eigenvalue weighted by molar-refractivity contribution is 5.81. The molecule has 0 saturated carbocycles. The molecule has 5 heteroatoms. The third-order valence-corrected chi connectivity index (χ3v) is 4.71. The summed E-state index contributed by atoms with van der Waals surface area (Å²) in [6.45, 7) is 4.37. The summed E-state index contributed by atoms with van der Waals surface area (Å²) in [7, 11) is 1.38. The maximum atomic E-state index is 12.1. The van der Waals surface area contributed by atoms with Crippen LogP contribution < -0.4 is 10.6 Å². The number of hydrogen-bond donors (Lipinski definition) is 2. The highest BCUT2D eigenvalue weighted by atomic mass is 16.5. The average molecular weight is 332 g/mol. The number of methoxy groups -OCH3 is 1. The van der Waals surface area contributed by atoms with Crippen molar-refractivity contribution in [2.75, 3.05) is 26.7 Å². The van der Waals surface area contributed by atoms with Crippen molar-refractivity contribution in [1.82, 2.24) is 10.6 Å². The van der Waals surface area contributed by atoms with Crippen molar-refractivity contribution in [2.45, 2.75) is 38.5 Å². The number of benzene rings is 1. The molecule has 1 saturated heterocycles. The molecule has 1 atom stereocenters. The van der Waals surface area contributed by atoms with Gasteiger partial charge < -0.3 is 15.4 Å². The Hall–Kier alpha value is -1.88. The Kier molecular flexibility index (Phi) is 7.25. The molecule has 1 heterocycles. The fourth-order valence-electron chi connectivity index (χ4n) is 3.09. The number of carbonyl (C=O) groups excluding carboxylic acids is 2. The molecule has 1 fully saturated rings. The minimum Gasteiger partial charge on any atom is -0.468 e. The molecule has 2 rings (SSSR count). The summed E-state index contributed by atoms with van der Waals surface area (Å²) in [5, 5.41) is 6.23. The normalized spacial score (nSPS) is 16.4. The van der Waals surface area contributed by atoms with Crippen molar-refractivity contribution in [2.24, 2.45) is 5.92 Å². The largest absolute Gasteiger partial charge is 0.468 e. The Morgan fingerprint density at radius 2 is 1.92 bits per heavy atom.